The zero-order chi connectivity index (χ0) is 25.2. The number of nitrogens with one attached hydrogen (secondary N) is 1. The highest BCUT2D eigenvalue weighted by atomic mass is 35.5. The molecule has 2 atom stereocenters. The summed E-state index contributed by atoms with van der Waals surface area (Å²) in [7, 11) is 1.42. The van der Waals surface area contributed by atoms with Gasteiger partial charge in [-0.3, -0.25) is 14.4 Å². The van der Waals surface area contributed by atoms with Crippen LogP contribution in [0.1, 0.15) is 29.0 Å². The molecule has 0 unspecified atom stereocenters. The van der Waals surface area contributed by atoms with E-state index in [0.29, 0.717) is 4.90 Å². The molecule has 0 bridgehead atoms. The van der Waals surface area contributed by atoms with Crippen LogP contribution in [0.15, 0.2) is 37.2 Å². The molecule has 3 rings (SSSR count). The lowest BCUT2D eigenvalue weighted by Crippen LogP contribution is -2.62. The molecule has 1 N–H and O–H groups in total. The van der Waals surface area contributed by atoms with E-state index in [4.69, 9.17) is 11.6 Å². The van der Waals surface area contributed by atoms with Crippen molar-refractivity contribution in [2.45, 2.75) is 25.2 Å². The Bertz CT molecular complexity index is 1140. The molecule has 2 aromatic rings. The molecule has 0 saturated carbocycles. The summed E-state index contributed by atoms with van der Waals surface area (Å²) in [4.78, 5) is 50.3. The smallest absolute Gasteiger partial charge is 0.354 e. The summed E-state index contributed by atoms with van der Waals surface area (Å²) in [6.45, 7) is 3.43. The van der Waals surface area contributed by atoms with Gasteiger partial charge in [0.2, 0.25) is 11.8 Å². The first kappa shape index (κ1) is 25.1. The van der Waals surface area contributed by atoms with Gasteiger partial charge in [0.1, 0.15) is 23.2 Å². The molecule has 3 amide bonds. The SMILES string of the molecule is C=CC(=O)N1C[C@H](c2cc(Cl)nc(-c3cc(C(=O)NC)ncn3)c2)N(C(C)=O)[C@@H](C(F)(F)F)C1. The number of carbonyl (C=O) groups is 3. The van der Waals surface area contributed by atoms with E-state index in [1.165, 1.54) is 25.2 Å². The third-order valence-electron chi connectivity index (χ3n) is 5.28. The first-order chi connectivity index (χ1) is 16.0. The molecular weight excluding hydrogens is 477 g/mol. The third kappa shape index (κ3) is 5.16. The summed E-state index contributed by atoms with van der Waals surface area (Å²) >= 11 is 6.17. The van der Waals surface area contributed by atoms with Gasteiger partial charge in [-0.2, -0.15) is 13.2 Å². The van der Waals surface area contributed by atoms with Gasteiger partial charge in [-0.25, -0.2) is 15.0 Å². The first-order valence-electron chi connectivity index (χ1n) is 9.95. The van der Waals surface area contributed by atoms with Crippen molar-refractivity contribution in [1.29, 1.82) is 0 Å². The van der Waals surface area contributed by atoms with Crippen molar-refractivity contribution in [2.75, 3.05) is 20.1 Å². The van der Waals surface area contributed by atoms with Gasteiger partial charge in [-0.05, 0) is 29.8 Å². The molecule has 0 spiro atoms. The van der Waals surface area contributed by atoms with Crippen molar-refractivity contribution in [1.82, 2.24) is 30.1 Å². The molecule has 0 aromatic carbocycles. The molecule has 2 aromatic heterocycles. The summed E-state index contributed by atoms with van der Waals surface area (Å²) in [5, 5.41) is 2.34. The lowest BCUT2D eigenvalue weighted by atomic mass is 9.97. The van der Waals surface area contributed by atoms with Crippen LogP contribution >= 0.6 is 11.6 Å². The Hall–Kier alpha value is -3.54. The van der Waals surface area contributed by atoms with E-state index >= 15 is 0 Å². The van der Waals surface area contributed by atoms with Crippen molar-refractivity contribution in [3.8, 4) is 11.4 Å². The third-order valence-corrected chi connectivity index (χ3v) is 5.47. The fourth-order valence-electron chi connectivity index (χ4n) is 3.75. The van der Waals surface area contributed by atoms with Crippen LogP contribution in [0.25, 0.3) is 11.4 Å². The maximum absolute atomic E-state index is 13.9. The first-order valence-corrected chi connectivity index (χ1v) is 10.3. The number of hydrogen-bond donors (Lipinski definition) is 1. The van der Waals surface area contributed by atoms with Crippen LogP contribution in [0.2, 0.25) is 5.15 Å². The number of pyridine rings is 1. The summed E-state index contributed by atoms with van der Waals surface area (Å²) in [6, 6.07) is 0.666. The number of carbonyl (C=O) groups excluding carboxylic acids is 3. The Balaban J connectivity index is 2.13. The largest absolute Gasteiger partial charge is 0.410 e. The Labute approximate surface area is 197 Å². The highest BCUT2D eigenvalue weighted by molar-refractivity contribution is 6.29. The maximum atomic E-state index is 13.9. The minimum Gasteiger partial charge on any atom is -0.354 e. The quantitative estimate of drug-likeness (QED) is 0.514. The number of piperazine rings is 1. The second-order valence-corrected chi connectivity index (χ2v) is 7.81. The van der Waals surface area contributed by atoms with E-state index < -0.39 is 42.5 Å². The molecule has 3 heterocycles. The van der Waals surface area contributed by atoms with Gasteiger partial charge >= 0.3 is 6.18 Å². The van der Waals surface area contributed by atoms with E-state index in [0.717, 1.165) is 24.2 Å². The number of aromatic nitrogens is 3. The van der Waals surface area contributed by atoms with Crippen LogP contribution in [0, 0.1) is 0 Å². The molecule has 1 fully saturated rings. The van der Waals surface area contributed by atoms with Crippen LogP contribution in [0.5, 0.6) is 0 Å². The van der Waals surface area contributed by atoms with Crippen molar-refractivity contribution < 1.29 is 27.6 Å². The molecular formula is C21H20ClF3N6O3. The summed E-state index contributed by atoms with van der Waals surface area (Å²) in [5.74, 6) is -2.00. The van der Waals surface area contributed by atoms with Crippen molar-refractivity contribution in [3.05, 3.63) is 53.6 Å². The summed E-state index contributed by atoms with van der Waals surface area (Å²) < 4.78 is 41.7. The molecule has 0 aliphatic carbocycles. The van der Waals surface area contributed by atoms with Crippen molar-refractivity contribution in [3.63, 3.8) is 0 Å². The second-order valence-electron chi connectivity index (χ2n) is 7.42. The van der Waals surface area contributed by atoms with E-state index in [-0.39, 0.29) is 34.3 Å². The van der Waals surface area contributed by atoms with Crippen LogP contribution < -0.4 is 5.32 Å². The standard InChI is InChI=1S/C21H20ClF3N6O3/c1-4-19(33)30-8-16(31(11(2)32)17(9-30)21(23,24)25)12-5-14(29-18(22)6-12)13-7-15(20(34)26-3)28-10-27-13/h4-7,10,16-17H,1,8-9H2,2-3H3,(H,26,34)/t16-,17-/m1/s1. The lowest BCUT2D eigenvalue weighted by Gasteiger charge is -2.46. The fourth-order valence-corrected chi connectivity index (χ4v) is 3.97. The Morgan fingerprint density at radius 3 is 2.47 bits per heavy atom. The zero-order valence-electron chi connectivity index (χ0n) is 18.1. The lowest BCUT2D eigenvalue weighted by molar-refractivity contribution is -0.208. The second kappa shape index (κ2) is 9.75. The van der Waals surface area contributed by atoms with Crippen molar-refractivity contribution >= 4 is 29.3 Å². The minimum atomic E-state index is -4.79. The van der Waals surface area contributed by atoms with Crippen molar-refractivity contribution in [2.24, 2.45) is 0 Å². The average molecular weight is 497 g/mol. The van der Waals surface area contributed by atoms with Gasteiger partial charge < -0.3 is 15.1 Å². The van der Waals surface area contributed by atoms with E-state index in [1.807, 2.05) is 0 Å². The maximum Gasteiger partial charge on any atom is 0.410 e. The minimum absolute atomic E-state index is 0.0405. The predicted molar refractivity (Wildman–Crippen MR) is 116 cm³/mol. The van der Waals surface area contributed by atoms with Gasteiger partial charge in [0.25, 0.3) is 5.91 Å². The molecule has 0 radical (unpaired) electrons. The molecule has 9 nitrogen and oxygen atoms in total. The average Bonchev–Trinajstić information content (AvgIpc) is 2.81. The molecule has 34 heavy (non-hydrogen) atoms. The normalized spacial score (nSPS) is 18.4. The fraction of sp³-hybridized carbons (Fsp3) is 0.333. The number of halogens is 4. The highest BCUT2D eigenvalue weighted by Crippen LogP contribution is 2.38. The number of amides is 3. The topological polar surface area (TPSA) is 108 Å². The zero-order valence-corrected chi connectivity index (χ0v) is 18.9. The van der Waals surface area contributed by atoms with Gasteiger partial charge in [-0.1, -0.05) is 18.2 Å². The van der Waals surface area contributed by atoms with Crippen LogP contribution in [0.3, 0.4) is 0 Å². The molecule has 1 saturated heterocycles. The number of hydrogen-bond acceptors (Lipinski definition) is 6. The number of nitrogens with zero attached hydrogens (tertiary/aromatic N) is 5. The van der Waals surface area contributed by atoms with Gasteiger partial charge in [0, 0.05) is 20.5 Å². The Morgan fingerprint density at radius 2 is 1.88 bits per heavy atom. The van der Waals surface area contributed by atoms with Gasteiger partial charge in [0.15, 0.2) is 0 Å². The number of alkyl halides is 3. The van der Waals surface area contributed by atoms with E-state index in [1.54, 1.807) is 0 Å². The highest BCUT2D eigenvalue weighted by Gasteiger charge is 2.51. The predicted octanol–water partition coefficient (Wildman–Crippen LogP) is 2.40. The van der Waals surface area contributed by atoms with E-state index in [9.17, 15) is 27.6 Å². The van der Waals surface area contributed by atoms with Crippen LogP contribution in [-0.2, 0) is 9.59 Å². The Kier molecular flexibility index (Phi) is 7.20. The van der Waals surface area contributed by atoms with Crippen LogP contribution in [-0.4, -0.2) is 74.8 Å². The Morgan fingerprint density at radius 1 is 1.18 bits per heavy atom. The monoisotopic (exact) mass is 496 g/mol. The van der Waals surface area contributed by atoms with E-state index in [2.05, 4.69) is 26.8 Å². The number of rotatable bonds is 4. The van der Waals surface area contributed by atoms with Gasteiger partial charge in [0.05, 0.1) is 24.0 Å². The molecule has 1 aliphatic heterocycles. The molecule has 13 heteroatoms. The van der Waals surface area contributed by atoms with Crippen LogP contribution in [0.4, 0.5) is 13.2 Å². The summed E-state index contributed by atoms with van der Waals surface area (Å²) in [6.07, 6.45) is -2.74. The van der Waals surface area contributed by atoms with Gasteiger partial charge in [-0.15, -0.1) is 0 Å². The summed E-state index contributed by atoms with van der Waals surface area (Å²) in [5.41, 5.74) is 0.586. The molecule has 1 aliphatic rings. The molecule has 180 valence electrons.